The van der Waals surface area contributed by atoms with Crippen LogP contribution in [-0.2, 0) is 76.1 Å². The van der Waals surface area contributed by atoms with Crippen LogP contribution in [0.15, 0.2) is 0 Å². The highest BCUT2D eigenvalue weighted by Crippen LogP contribution is 2.24. The number of nitrogens with one attached hydrogen (secondary N) is 2. The number of esters is 4. The van der Waals surface area contributed by atoms with Crippen LogP contribution < -0.4 is 10.6 Å². The van der Waals surface area contributed by atoms with Gasteiger partial charge in [-0.2, -0.15) is 0 Å². The molecule has 0 aliphatic carbocycles. The monoisotopic (exact) mass is 1010 g/mol. The fraction of sp³-hybridized carbons (Fsp3) is 0.875. The van der Waals surface area contributed by atoms with E-state index in [1.54, 1.807) is 14.2 Å². The molecule has 0 aromatic carbocycles. The van der Waals surface area contributed by atoms with E-state index in [1.807, 2.05) is 0 Å². The molecular weight excluding hydrogens is 925 g/mol. The van der Waals surface area contributed by atoms with Crippen LogP contribution in [0.2, 0.25) is 0 Å². The molecule has 0 saturated carbocycles. The fourth-order valence-corrected chi connectivity index (χ4v) is 8.36. The predicted octanol–water partition coefficient (Wildman–Crippen LogP) is 6.71. The molecule has 0 unspecified atom stereocenters. The van der Waals surface area contributed by atoms with Crippen LogP contribution >= 0.6 is 21.6 Å². The van der Waals surface area contributed by atoms with E-state index in [1.165, 1.54) is 34.4 Å². The first-order valence-electron chi connectivity index (χ1n) is 24.9. The molecule has 0 spiro atoms. The van der Waals surface area contributed by atoms with Crippen molar-refractivity contribution in [3.8, 4) is 0 Å². The van der Waals surface area contributed by atoms with Crippen molar-refractivity contribution in [2.24, 2.45) is 0 Å². The zero-order valence-electron chi connectivity index (χ0n) is 42.0. The number of methoxy groups -OCH3 is 2. The van der Waals surface area contributed by atoms with Crippen molar-refractivity contribution in [1.29, 1.82) is 0 Å². The van der Waals surface area contributed by atoms with Gasteiger partial charge in [-0.05, 0) is 25.7 Å². The minimum absolute atomic E-state index is 0.0297. The van der Waals surface area contributed by atoms with E-state index in [9.17, 15) is 28.8 Å². The maximum absolute atomic E-state index is 13.2. The summed E-state index contributed by atoms with van der Waals surface area (Å²) in [6, 6.07) is -2.06. The van der Waals surface area contributed by atoms with E-state index in [0.717, 1.165) is 83.5 Å². The second-order valence-corrected chi connectivity index (χ2v) is 18.5. The summed E-state index contributed by atoms with van der Waals surface area (Å²) >= 11 is 0. The quantitative estimate of drug-likeness (QED) is 0.0280. The van der Waals surface area contributed by atoms with Gasteiger partial charge in [0.25, 0.3) is 0 Å². The number of carbonyl (C=O) groups is 6. The smallest absolute Gasteiger partial charge is 0.329 e. The van der Waals surface area contributed by atoms with Gasteiger partial charge >= 0.3 is 23.9 Å². The second kappa shape index (κ2) is 50.7. The maximum atomic E-state index is 13.2. The molecule has 0 saturated heterocycles. The van der Waals surface area contributed by atoms with Crippen LogP contribution in [0.4, 0.5) is 0 Å². The molecule has 0 radical (unpaired) electrons. The molecule has 2 atom stereocenters. The fourth-order valence-electron chi connectivity index (χ4n) is 6.06. The lowest BCUT2D eigenvalue weighted by Gasteiger charge is -2.19. The van der Waals surface area contributed by atoms with Crippen molar-refractivity contribution in [2.45, 2.75) is 154 Å². The Hall–Kier alpha value is -2.72. The van der Waals surface area contributed by atoms with Gasteiger partial charge in [-0.25, -0.2) is 9.59 Å². The van der Waals surface area contributed by atoms with Crippen molar-refractivity contribution in [2.75, 3.05) is 118 Å². The lowest BCUT2D eigenvalue weighted by molar-refractivity contribution is -0.149. The Balaban J connectivity index is 5.15. The third-order valence-corrected chi connectivity index (χ3v) is 12.4. The van der Waals surface area contributed by atoms with Gasteiger partial charge in [-0.1, -0.05) is 112 Å². The Labute approximate surface area is 415 Å². The van der Waals surface area contributed by atoms with E-state index < -0.39 is 29.9 Å². The summed E-state index contributed by atoms with van der Waals surface area (Å²) in [7, 11) is 5.60. The van der Waals surface area contributed by atoms with Crippen LogP contribution in [0.25, 0.3) is 0 Å². The third-order valence-electron chi connectivity index (χ3n) is 9.97. The average molecular weight is 1010 g/mol. The largest absolute Gasteiger partial charge is 0.466 e. The van der Waals surface area contributed by atoms with Gasteiger partial charge in [0, 0.05) is 45.0 Å². The van der Waals surface area contributed by atoms with Crippen LogP contribution in [0, 0.1) is 0 Å². The molecule has 20 heteroatoms. The van der Waals surface area contributed by atoms with E-state index in [2.05, 4.69) is 24.5 Å². The summed E-state index contributed by atoms with van der Waals surface area (Å²) in [5.74, 6) is -2.43. The van der Waals surface area contributed by atoms with Gasteiger partial charge < -0.3 is 58.0 Å². The number of amides is 2. The van der Waals surface area contributed by atoms with Crippen molar-refractivity contribution >= 4 is 57.3 Å². The molecular formula is C48H88N2O16S2. The van der Waals surface area contributed by atoms with Gasteiger partial charge in [-0.15, -0.1) is 0 Å². The first kappa shape index (κ1) is 65.3. The topological polar surface area (TPSA) is 219 Å². The number of hydrogen-bond acceptors (Lipinski definition) is 18. The van der Waals surface area contributed by atoms with Crippen molar-refractivity contribution < 1.29 is 76.1 Å². The minimum atomic E-state index is -1.07. The van der Waals surface area contributed by atoms with Crippen LogP contribution in [-0.4, -0.2) is 166 Å². The molecule has 0 rings (SSSR count). The molecule has 18 nitrogen and oxygen atoms in total. The average Bonchev–Trinajstić information content (AvgIpc) is 3.32. The summed E-state index contributed by atoms with van der Waals surface area (Å²) in [5, 5.41) is 5.49. The molecule has 0 aromatic rings. The van der Waals surface area contributed by atoms with Crippen molar-refractivity contribution in [1.82, 2.24) is 10.6 Å². The molecule has 0 bridgehead atoms. The molecule has 0 heterocycles. The van der Waals surface area contributed by atoms with Crippen molar-refractivity contribution in [3.63, 3.8) is 0 Å². The Kier molecular flexibility index (Phi) is 48.6. The summed E-state index contributed by atoms with van der Waals surface area (Å²) in [4.78, 5) is 76.5. The number of hydrogen-bond donors (Lipinski definition) is 2. The minimum Gasteiger partial charge on any atom is -0.466 e. The van der Waals surface area contributed by atoms with E-state index in [-0.39, 0.29) is 81.6 Å². The molecule has 0 aliphatic rings. The van der Waals surface area contributed by atoms with E-state index in [4.69, 9.17) is 47.4 Å². The molecule has 68 heavy (non-hydrogen) atoms. The highest BCUT2D eigenvalue weighted by atomic mass is 33.1. The highest BCUT2D eigenvalue weighted by Gasteiger charge is 2.26. The zero-order chi connectivity index (χ0) is 50.0. The first-order chi connectivity index (χ1) is 33.2. The van der Waals surface area contributed by atoms with E-state index >= 15 is 0 Å². The molecule has 0 fully saturated rings. The molecule has 0 aromatic heterocycles. The number of rotatable bonds is 51. The summed E-state index contributed by atoms with van der Waals surface area (Å²) < 4.78 is 53.1. The number of carbonyl (C=O) groups excluding carboxylic acids is 6. The summed E-state index contributed by atoms with van der Waals surface area (Å²) in [6.45, 7) is 7.88. The van der Waals surface area contributed by atoms with Gasteiger partial charge in [-0.3, -0.25) is 19.2 Å². The lowest BCUT2D eigenvalue weighted by atomic mass is 10.1. The predicted molar refractivity (Wildman–Crippen MR) is 263 cm³/mol. The maximum Gasteiger partial charge on any atom is 0.329 e. The van der Waals surface area contributed by atoms with Crippen molar-refractivity contribution in [3.05, 3.63) is 0 Å². The standard InChI is InChI=1S/C48H88N2O16S2/c1-5-7-9-13-18-22-45(53)63-25-20-16-12-11-15-17-21-43(51)49-41(47(55)65-37-35-61-33-31-59-29-27-57-3)39-67-68-40-42(48(56)66-38-36-62-34-32-60-30-28-58-4)50-44(52)24-26-64-46(54)23-19-14-10-8-6-2/h41-42H,5-40H2,1-4H3,(H,49,51)(H,50,52)/t41-,42-/m0/s1. The lowest BCUT2D eigenvalue weighted by Crippen LogP contribution is -2.44. The Morgan fingerprint density at radius 2 is 0.721 bits per heavy atom. The molecule has 2 N–H and O–H groups in total. The van der Waals surface area contributed by atoms with Gasteiger partial charge in [0.05, 0.1) is 79.1 Å². The Bertz CT molecular complexity index is 1250. The highest BCUT2D eigenvalue weighted by molar-refractivity contribution is 8.76. The van der Waals surface area contributed by atoms with Crippen LogP contribution in [0.3, 0.4) is 0 Å². The zero-order valence-corrected chi connectivity index (χ0v) is 43.6. The Morgan fingerprint density at radius 1 is 0.368 bits per heavy atom. The number of unbranched alkanes of at least 4 members (excludes halogenated alkanes) is 13. The van der Waals surface area contributed by atoms with E-state index in [0.29, 0.717) is 72.3 Å². The third kappa shape index (κ3) is 44.5. The first-order valence-corrected chi connectivity index (χ1v) is 27.4. The van der Waals surface area contributed by atoms with Gasteiger partial charge in [0.1, 0.15) is 31.9 Å². The summed E-state index contributed by atoms with van der Waals surface area (Å²) in [5.41, 5.74) is 0. The van der Waals surface area contributed by atoms with Gasteiger partial charge in [0.15, 0.2) is 0 Å². The number of ether oxygens (including phenoxy) is 10. The van der Waals surface area contributed by atoms with Crippen LogP contribution in [0.5, 0.6) is 0 Å². The Morgan fingerprint density at radius 3 is 1.16 bits per heavy atom. The van der Waals surface area contributed by atoms with Crippen LogP contribution in [0.1, 0.15) is 142 Å². The van der Waals surface area contributed by atoms with Gasteiger partial charge in [0.2, 0.25) is 11.8 Å². The molecule has 2 amide bonds. The normalized spacial score (nSPS) is 12.0. The second-order valence-electron chi connectivity index (χ2n) is 16.0. The molecule has 398 valence electrons. The molecule has 0 aliphatic heterocycles. The SMILES string of the molecule is CCCCCCCC(=O)OCCCCCCCCC(=O)N[C@@H](CSSC[C@H](NC(=O)CCOC(=O)CCCCCCC)C(=O)OCCOCCOCCOC)C(=O)OCCOCCOCCOC. The summed E-state index contributed by atoms with van der Waals surface area (Å²) in [6.07, 6.45) is 16.3.